The summed E-state index contributed by atoms with van der Waals surface area (Å²) < 4.78 is 21.0. The average molecular weight is 565 g/mol. The zero-order valence-corrected chi connectivity index (χ0v) is 22.2. The molecule has 0 saturated heterocycles. The summed E-state index contributed by atoms with van der Waals surface area (Å²) in [7, 11) is 0. The Balaban J connectivity index is 1.22. The second-order valence-electron chi connectivity index (χ2n) is 9.23. The smallest absolute Gasteiger partial charge is 0.266 e. The lowest BCUT2D eigenvalue weighted by atomic mass is 10.00. The standard InChI is InChI=1S/C31H22ClFN6O2/c32-26-17-23(20-8-11-24(33)12-9-20)10-13-25(26)28(18-39-16-15-34-19-39)36-29(40)21-4-6-22(7-5-21)30-37-38-31(41-30)27-3-1-2-14-35-27/h1-17,19,28H,18H2,(H,36,40)/t28-/m0/s1. The van der Waals surface area contributed by atoms with Crippen molar-refractivity contribution < 1.29 is 13.6 Å². The number of carbonyl (C=O) groups excluding carboxylic acids is 1. The minimum atomic E-state index is -0.456. The summed E-state index contributed by atoms with van der Waals surface area (Å²) in [5.41, 5.74) is 4.12. The molecular formula is C31H22ClFN6O2. The molecule has 6 aromatic rings. The Morgan fingerprint density at radius 1 is 0.902 bits per heavy atom. The van der Waals surface area contributed by atoms with Crippen LogP contribution in [0.2, 0.25) is 5.02 Å². The maximum absolute atomic E-state index is 13.4. The van der Waals surface area contributed by atoms with Crippen LogP contribution in [0, 0.1) is 5.82 Å². The van der Waals surface area contributed by atoms with Crippen LogP contribution in [-0.2, 0) is 6.54 Å². The zero-order chi connectivity index (χ0) is 28.2. The van der Waals surface area contributed by atoms with Crippen LogP contribution in [-0.4, -0.2) is 30.6 Å². The molecule has 6 rings (SSSR count). The summed E-state index contributed by atoms with van der Waals surface area (Å²) in [6.07, 6.45) is 6.82. The summed E-state index contributed by atoms with van der Waals surface area (Å²) in [5.74, 6) is 0.0506. The fourth-order valence-electron chi connectivity index (χ4n) is 4.40. The maximum Gasteiger partial charge on any atom is 0.266 e. The summed E-state index contributed by atoms with van der Waals surface area (Å²) in [4.78, 5) is 21.7. The van der Waals surface area contributed by atoms with Crippen molar-refractivity contribution in [2.24, 2.45) is 0 Å². The molecular weight excluding hydrogens is 543 g/mol. The molecule has 0 fully saturated rings. The van der Waals surface area contributed by atoms with E-state index in [0.717, 1.165) is 16.7 Å². The molecule has 10 heteroatoms. The van der Waals surface area contributed by atoms with Crippen molar-refractivity contribution in [2.45, 2.75) is 12.6 Å². The van der Waals surface area contributed by atoms with Gasteiger partial charge in [-0.15, -0.1) is 10.2 Å². The predicted octanol–water partition coefficient (Wildman–Crippen LogP) is 6.63. The Kier molecular flexibility index (Phi) is 7.34. The molecule has 202 valence electrons. The molecule has 1 atom stereocenters. The van der Waals surface area contributed by atoms with E-state index >= 15 is 0 Å². The molecule has 0 bridgehead atoms. The first kappa shape index (κ1) is 26.1. The number of imidazole rings is 1. The summed E-state index contributed by atoms with van der Waals surface area (Å²) in [6, 6.07) is 23.7. The molecule has 3 aromatic carbocycles. The van der Waals surface area contributed by atoms with E-state index in [1.165, 1.54) is 12.1 Å². The van der Waals surface area contributed by atoms with Gasteiger partial charge >= 0.3 is 0 Å². The third-order valence-electron chi connectivity index (χ3n) is 6.51. The number of amides is 1. The number of halogens is 2. The number of nitrogens with zero attached hydrogens (tertiary/aromatic N) is 5. The highest BCUT2D eigenvalue weighted by atomic mass is 35.5. The highest BCUT2D eigenvalue weighted by Gasteiger charge is 2.20. The molecule has 0 saturated carbocycles. The van der Waals surface area contributed by atoms with Crippen molar-refractivity contribution in [1.82, 2.24) is 30.0 Å². The SMILES string of the molecule is O=C(N[C@@H](Cn1ccnc1)c1ccc(-c2ccc(F)cc2)cc1Cl)c1ccc(-c2nnc(-c3ccccn3)o2)cc1. The van der Waals surface area contributed by atoms with Gasteiger partial charge in [0.1, 0.15) is 11.5 Å². The lowest BCUT2D eigenvalue weighted by Gasteiger charge is -2.21. The average Bonchev–Trinajstić information content (AvgIpc) is 3.71. The number of rotatable bonds is 8. The molecule has 0 spiro atoms. The Bertz CT molecular complexity index is 1770. The van der Waals surface area contributed by atoms with Gasteiger partial charge in [-0.2, -0.15) is 0 Å². The molecule has 0 aliphatic carbocycles. The van der Waals surface area contributed by atoms with Gasteiger partial charge in [0.2, 0.25) is 5.89 Å². The van der Waals surface area contributed by atoms with Gasteiger partial charge in [0.05, 0.1) is 12.4 Å². The van der Waals surface area contributed by atoms with Crippen LogP contribution in [0.1, 0.15) is 22.0 Å². The van der Waals surface area contributed by atoms with E-state index in [2.05, 4.69) is 25.5 Å². The van der Waals surface area contributed by atoms with Crippen LogP contribution in [0.5, 0.6) is 0 Å². The fourth-order valence-corrected chi connectivity index (χ4v) is 4.71. The first-order valence-corrected chi connectivity index (χ1v) is 13.1. The van der Waals surface area contributed by atoms with E-state index in [1.807, 2.05) is 41.1 Å². The second-order valence-corrected chi connectivity index (χ2v) is 9.64. The topological polar surface area (TPSA) is 98.7 Å². The van der Waals surface area contributed by atoms with E-state index < -0.39 is 6.04 Å². The van der Waals surface area contributed by atoms with Crippen molar-refractivity contribution in [3.8, 4) is 34.2 Å². The van der Waals surface area contributed by atoms with Crippen LogP contribution in [0.4, 0.5) is 4.39 Å². The third-order valence-corrected chi connectivity index (χ3v) is 6.84. The largest absolute Gasteiger partial charge is 0.415 e. The molecule has 8 nitrogen and oxygen atoms in total. The first-order chi connectivity index (χ1) is 20.0. The van der Waals surface area contributed by atoms with Crippen LogP contribution < -0.4 is 5.32 Å². The summed E-state index contributed by atoms with van der Waals surface area (Å²) in [5, 5.41) is 11.8. The van der Waals surface area contributed by atoms with Crippen LogP contribution in [0.3, 0.4) is 0 Å². The quantitative estimate of drug-likeness (QED) is 0.223. The van der Waals surface area contributed by atoms with Gasteiger partial charge in [-0.3, -0.25) is 9.78 Å². The monoisotopic (exact) mass is 564 g/mol. The highest BCUT2D eigenvalue weighted by molar-refractivity contribution is 6.31. The normalized spacial score (nSPS) is 11.8. The fraction of sp³-hybridized carbons (Fsp3) is 0.0645. The van der Waals surface area contributed by atoms with Crippen LogP contribution >= 0.6 is 11.6 Å². The number of hydrogen-bond donors (Lipinski definition) is 1. The van der Waals surface area contributed by atoms with Crippen LogP contribution in [0.25, 0.3) is 34.2 Å². The molecule has 41 heavy (non-hydrogen) atoms. The lowest BCUT2D eigenvalue weighted by Crippen LogP contribution is -2.31. The number of benzene rings is 3. The summed E-state index contributed by atoms with van der Waals surface area (Å²) in [6.45, 7) is 0.414. The molecule has 0 radical (unpaired) electrons. The van der Waals surface area contributed by atoms with Crippen molar-refractivity contribution in [3.63, 3.8) is 0 Å². The van der Waals surface area contributed by atoms with Gasteiger partial charge in [-0.05, 0) is 71.3 Å². The Morgan fingerprint density at radius 2 is 1.66 bits per heavy atom. The number of aromatic nitrogens is 5. The predicted molar refractivity (Wildman–Crippen MR) is 152 cm³/mol. The van der Waals surface area contributed by atoms with Gasteiger partial charge in [-0.25, -0.2) is 9.37 Å². The van der Waals surface area contributed by atoms with Gasteiger partial charge in [0.25, 0.3) is 11.8 Å². The van der Waals surface area contributed by atoms with E-state index in [4.69, 9.17) is 16.0 Å². The second kappa shape index (κ2) is 11.5. The van der Waals surface area contributed by atoms with Crippen molar-refractivity contribution >= 4 is 17.5 Å². The Morgan fingerprint density at radius 3 is 2.37 bits per heavy atom. The molecule has 0 aliphatic rings. The van der Waals surface area contributed by atoms with Gasteiger partial charge < -0.3 is 14.3 Å². The van der Waals surface area contributed by atoms with Crippen molar-refractivity contribution in [3.05, 3.63) is 132 Å². The number of hydrogen-bond acceptors (Lipinski definition) is 6. The van der Waals surface area contributed by atoms with E-state index in [0.29, 0.717) is 40.2 Å². The van der Waals surface area contributed by atoms with E-state index in [1.54, 1.807) is 61.2 Å². The van der Waals surface area contributed by atoms with Gasteiger partial charge in [-0.1, -0.05) is 41.9 Å². The van der Waals surface area contributed by atoms with Gasteiger partial charge in [0.15, 0.2) is 0 Å². The van der Waals surface area contributed by atoms with Crippen molar-refractivity contribution in [1.29, 1.82) is 0 Å². The number of carbonyl (C=O) groups is 1. The molecule has 0 aliphatic heterocycles. The maximum atomic E-state index is 13.4. The lowest BCUT2D eigenvalue weighted by molar-refractivity contribution is 0.0932. The van der Waals surface area contributed by atoms with E-state index in [-0.39, 0.29) is 11.7 Å². The Hall–Kier alpha value is -5.15. The molecule has 3 aromatic heterocycles. The Labute approximate surface area is 239 Å². The summed E-state index contributed by atoms with van der Waals surface area (Å²) >= 11 is 6.73. The van der Waals surface area contributed by atoms with Gasteiger partial charge in [0, 0.05) is 41.3 Å². The van der Waals surface area contributed by atoms with E-state index in [9.17, 15) is 9.18 Å². The molecule has 0 unspecified atom stereocenters. The number of nitrogens with one attached hydrogen (secondary N) is 1. The highest BCUT2D eigenvalue weighted by Crippen LogP contribution is 2.31. The van der Waals surface area contributed by atoms with Crippen molar-refractivity contribution in [2.75, 3.05) is 0 Å². The molecule has 3 heterocycles. The first-order valence-electron chi connectivity index (χ1n) is 12.7. The zero-order valence-electron chi connectivity index (χ0n) is 21.5. The number of pyridine rings is 1. The minimum absolute atomic E-state index is 0.278. The van der Waals surface area contributed by atoms with Crippen LogP contribution in [0.15, 0.2) is 114 Å². The molecule has 1 N–H and O–H groups in total. The third kappa shape index (κ3) is 5.90. The molecule has 1 amide bonds. The minimum Gasteiger partial charge on any atom is -0.415 e.